The van der Waals surface area contributed by atoms with Gasteiger partial charge in [0.15, 0.2) is 0 Å². The Morgan fingerprint density at radius 2 is 1.96 bits per heavy atom. The van der Waals surface area contributed by atoms with Gasteiger partial charge in [0.2, 0.25) is 5.91 Å². The van der Waals surface area contributed by atoms with Crippen molar-refractivity contribution in [2.45, 2.75) is 38.1 Å². The fraction of sp³-hybridized carbons (Fsp3) is 0.300. The Morgan fingerprint density at radius 3 is 2.65 bits per heavy atom. The molecule has 3 rings (SSSR count). The van der Waals surface area contributed by atoms with Gasteiger partial charge in [0.1, 0.15) is 5.75 Å². The Kier molecular flexibility index (Phi) is 5.18. The summed E-state index contributed by atoms with van der Waals surface area (Å²) in [7, 11) is 0. The van der Waals surface area contributed by atoms with E-state index in [2.05, 4.69) is 10.6 Å². The Balaban J connectivity index is 1.65. The summed E-state index contributed by atoms with van der Waals surface area (Å²) in [5.41, 5.74) is 1.35. The number of benzene rings is 2. The number of phenols is 1. The number of anilines is 1. The van der Waals surface area contributed by atoms with Gasteiger partial charge in [0.25, 0.3) is 5.91 Å². The summed E-state index contributed by atoms with van der Waals surface area (Å²) in [5.74, 6) is -0.423. The second kappa shape index (κ2) is 7.38. The van der Waals surface area contributed by atoms with Gasteiger partial charge in [-0.1, -0.05) is 17.7 Å². The molecule has 0 heterocycles. The first-order chi connectivity index (χ1) is 12.3. The molecule has 2 amide bonds. The third-order valence-corrected chi connectivity index (χ3v) is 4.91. The lowest BCUT2D eigenvalue weighted by atomic mass is 9.78. The number of nitrogens with one attached hydrogen (secondary N) is 2. The number of aromatic hydroxyl groups is 1. The number of carbonyl (C=O) groups is 2. The minimum Gasteiger partial charge on any atom is -0.508 e. The zero-order valence-electron chi connectivity index (χ0n) is 14.5. The van der Waals surface area contributed by atoms with Crippen LogP contribution in [0.3, 0.4) is 0 Å². The number of hydrogen-bond acceptors (Lipinski definition) is 3. The molecule has 1 aliphatic carbocycles. The molecule has 26 heavy (non-hydrogen) atoms. The summed E-state index contributed by atoms with van der Waals surface area (Å²) in [6.45, 7) is 2.04. The van der Waals surface area contributed by atoms with Crippen LogP contribution in [0.1, 0.15) is 42.1 Å². The van der Waals surface area contributed by atoms with Crippen molar-refractivity contribution in [3.63, 3.8) is 0 Å². The molecule has 0 bridgehead atoms. The van der Waals surface area contributed by atoms with Crippen molar-refractivity contribution in [3.05, 3.63) is 58.6 Å². The minimum atomic E-state index is -0.300. The number of amides is 2. The molecule has 136 valence electrons. The smallest absolute Gasteiger partial charge is 0.251 e. The first-order valence-corrected chi connectivity index (χ1v) is 8.92. The van der Waals surface area contributed by atoms with Gasteiger partial charge in [-0.25, -0.2) is 0 Å². The Labute approximate surface area is 157 Å². The fourth-order valence-corrected chi connectivity index (χ4v) is 3.19. The van der Waals surface area contributed by atoms with E-state index in [4.69, 9.17) is 11.6 Å². The molecule has 1 saturated carbocycles. The van der Waals surface area contributed by atoms with Gasteiger partial charge in [-0.2, -0.15) is 0 Å². The zero-order valence-corrected chi connectivity index (χ0v) is 15.3. The Bertz CT molecular complexity index is 847. The summed E-state index contributed by atoms with van der Waals surface area (Å²) >= 11 is 5.90. The van der Waals surface area contributed by atoms with Crippen LogP contribution in [0.2, 0.25) is 5.02 Å². The normalized spacial score (nSPS) is 15.0. The lowest BCUT2D eigenvalue weighted by Gasteiger charge is -2.39. The number of carbonyl (C=O) groups excluding carboxylic acids is 2. The second-order valence-corrected chi connectivity index (χ2v) is 7.38. The topological polar surface area (TPSA) is 78.4 Å². The van der Waals surface area contributed by atoms with Crippen LogP contribution in [0.25, 0.3) is 0 Å². The lowest BCUT2D eigenvalue weighted by molar-refractivity contribution is -0.115. The molecular formula is C20H21ClN2O3. The van der Waals surface area contributed by atoms with Crippen molar-refractivity contribution in [3.8, 4) is 5.75 Å². The maximum Gasteiger partial charge on any atom is 0.251 e. The SMILES string of the molecule is CC1(NC(=O)c2cccc(NC(=O)Cc3cc(Cl)ccc3O)c2)CCC1. The highest BCUT2D eigenvalue weighted by molar-refractivity contribution is 6.30. The molecular weight excluding hydrogens is 352 g/mol. The number of halogens is 1. The Morgan fingerprint density at radius 1 is 1.19 bits per heavy atom. The van der Waals surface area contributed by atoms with Crippen LogP contribution in [-0.4, -0.2) is 22.5 Å². The van der Waals surface area contributed by atoms with E-state index >= 15 is 0 Å². The predicted octanol–water partition coefficient (Wildman–Crippen LogP) is 3.90. The summed E-state index contributed by atoms with van der Waals surface area (Å²) in [6.07, 6.45) is 3.08. The van der Waals surface area contributed by atoms with Gasteiger partial charge < -0.3 is 15.7 Å². The molecule has 0 unspecified atom stereocenters. The van der Waals surface area contributed by atoms with Crippen LogP contribution in [0.5, 0.6) is 5.75 Å². The van der Waals surface area contributed by atoms with E-state index in [1.54, 1.807) is 36.4 Å². The molecule has 1 fully saturated rings. The van der Waals surface area contributed by atoms with Gasteiger partial charge in [-0.15, -0.1) is 0 Å². The van der Waals surface area contributed by atoms with Crippen LogP contribution in [0.4, 0.5) is 5.69 Å². The van der Waals surface area contributed by atoms with Crippen LogP contribution in [0, 0.1) is 0 Å². The van der Waals surface area contributed by atoms with Gasteiger partial charge in [0, 0.05) is 27.4 Å². The van der Waals surface area contributed by atoms with Crippen LogP contribution >= 0.6 is 11.6 Å². The molecule has 2 aromatic rings. The standard InChI is InChI=1S/C20H21ClN2O3/c1-20(8-3-9-20)23-19(26)13-4-2-5-16(11-13)22-18(25)12-14-10-15(21)6-7-17(14)24/h2,4-7,10-11,24H,3,8-9,12H2,1H3,(H,22,25)(H,23,26). The molecule has 3 N–H and O–H groups in total. The molecule has 0 atom stereocenters. The van der Waals surface area contributed by atoms with Crippen molar-refractivity contribution in [1.29, 1.82) is 0 Å². The van der Waals surface area contributed by atoms with E-state index in [0.29, 0.717) is 21.8 Å². The lowest BCUT2D eigenvalue weighted by Crippen LogP contribution is -2.50. The maximum atomic E-state index is 12.4. The van der Waals surface area contributed by atoms with Crippen molar-refractivity contribution >= 4 is 29.1 Å². The van der Waals surface area contributed by atoms with Crippen molar-refractivity contribution in [1.82, 2.24) is 5.32 Å². The highest BCUT2D eigenvalue weighted by atomic mass is 35.5. The van der Waals surface area contributed by atoms with Gasteiger partial charge in [0.05, 0.1) is 6.42 Å². The number of hydrogen-bond donors (Lipinski definition) is 3. The molecule has 0 aromatic heterocycles. The predicted molar refractivity (Wildman–Crippen MR) is 102 cm³/mol. The largest absolute Gasteiger partial charge is 0.508 e. The third kappa shape index (κ3) is 4.35. The van der Waals surface area contributed by atoms with Gasteiger partial charge >= 0.3 is 0 Å². The third-order valence-electron chi connectivity index (χ3n) is 4.67. The van der Waals surface area contributed by atoms with E-state index in [1.165, 1.54) is 6.07 Å². The monoisotopic (exact) mass is 372 g/mol. The average molecular weight is 373 g/mol. The van der Waals surface area contributed by atoms with Crippen LogP contribution < -0.4 is 10.6 Å². The van der Waals surface area contributed by atoms with Gasteiger partial charge in [-0.3, -0.25) is 9.59 Å². The number of phenolic OH excluding ortho intramolecular Hbond substituents is 1. The molecule has 0 radical (unpaired) electrons. The number of rotatable bonds is 5. The maximum absolute atomic E-state index is 12.4. The van der Waals surface area contributed by atoms with Crippen molar-refractivity contribution < 1.29 is 14.7 Å². The summed E-state index contributed by atoms with van der Waals surface area (Å²) in [4.78, 5) is 24.6. The first-order valence-electron chi connectivity index (χ1n) is 8.54. The van der Waals surface area contributed by atoms with E-state index in [1.807, 2.05) is 6.92 Å². The highest BCUT2D eigenvalue weighted by Crippen LogP contribution is 2.31. The van der Waals surface area contributed by atoms with Crippen molar-refractivity contribution in [2.24, 2.45) is 0 Å². The van der Waals surface area contributed by atoms with Crippen molar-refractivity contribution in [2.75, 3.05) is 5.32 Å². The molecule has 0 aliphatic heterocycles. The summed E-state index contributed by atoms with van der Waals surface area (Å²) in [6, 6.07) is 11.4. The summed E-state index contributed by atoms with van der Waals surface area (Å²) < 4.78 is 0. The van der Waals surface area contributed by atoms with E-state index < -0.39 is 0 Å². The molecule has 1 aliphatic rings. The van der Waals surface area contributed by atoms with E-state index in [0.717, 1.165) is 19.3 Å². The second-order valence-electron chi connectivity index (χ2n) is 6.95. The van der Waals surface area contributed by atoms with Gasteiger partial charge in [-0.05, 0) is 62.6 Å². The zero-order chi connectivity index (χ0) is 18.7. The molecule has 5 nitrogen and oxygen atoms in total. The molecule has 0 spiro atoms. The fourth-order valence-electron chi connectivity index (χ4n) is 2.99. The molecule has 2 aromatic carbocycles. The van der Waals surface area contributed by atoms with E-state index in [-0.39, 0.29) is 29.5 Å². The quantitative estimate of drug-likeness (QED) is 0.744. The van der Waals surface area contributed by atoms with E-state index in [9.17, 15) is 14.7 Å². The minimum absolute atomic E-state index is 0.0130. The summed E-state index contributed by atoms with van der Waals surface area (Å²) in [5, 5.41) is 16.1. The van der Waals surface area contributed by atoms with Crippen LogP contribution in [-0.2, 0) is 11.2 Å². The molecule has 0 saturated heterocycles. The first kappa shape index (κ1) is 18.3. The van der Waals surface area contributed by atoms with Crippen LogP contribution in [0.15, 0.2) is 42.5 Å². The Hall–Kier alpha value is -2.53. The highest BCUT2D eigenvalue weighted by Gasteiger charge is 2.33. The average Bonchev–Trinajstić information content (AvgIpc) is 2.57. The molecule has 6 heteroatoms.